The Balaban J connectivity index is 1.40. The van der Waals surface area contributed by atoms with Gasteiger partial charge in [-0.15, -0.1) is 0 Å². The van der Waals surface area contributed by atoms with Crippen LogP contribution in [0.4, 0.5) is 0 Å². The molecular weight excluding hydrogens is 432 g/mol. The highest BCUT2D eigenvalue weighted by atomic mass is 32.2. The summed E-state index contributed by atoms with van der Waals surface area (Å²) in [4.78, 5) is 9.85. The molecule has 170 valence electrons. The standard InChI is InChI=1S/C26H28N4O2S/c1-2-7-20-11-13-23(14-12-20)33(31,32)29-18-15-22(16-19-29)30-25(21-8-4-3-5-9-21)28-24-10-6-17-27-26(24)30/h3-6,8-14,17,22H,2,7,15-16,18-19H2,1H3. The summed E-state index contributed by atoms with van der Waals surface area (Å²) < 4.78 is 30.3. The zero-order valence-electron chi connectivity index (χ0n) is 18.8. The molecule has 1 fully saturated rings. The number of aromatic nitrogens is 3. The lowest BCUT2D eigenvalue weighted by Crippen LogP contribution is -2.39. The molecule has 2 aromatic carbocycles. The first kappa shape index (κ1) is 21.8. The van der Waals surface area contributed by atoms with Crippen LogP contribution in [0.5, 0.6) is 0 Å². The maximum Gasteiger partial charge on any atom is 0.243 e. The van der Waals surface area contributed by atoms with Gasteiger partial charge in [-0.3, -0.25) is 0 Å². The van der Waals surface area contributed by atoms with Crippen LogP contribution in [0, 0.1) is 0 Å². The monoisotopic (exact) mass is 460 g/mol. The van der Waals surface area contributed by atoms with Crippen LogP contribution < -0.4 is 0 Å². The van der Waals surface area contributed by atoms with Crippen molar-refractivity contribution in [2.45, 2.75) is 43.5 Å². The van der Waals surface area contributed by atoms with Crippen LogP contribution in [0.2, 0.25) is 0 Å². The van der Waals surface area contributed by atoms with Gasteiger partial charge in [0, 0.05) is 30.9 Å². The Kier molecular flexibility index (Phi) is 6.00. The van der Waals surface area contributed by atoms with E-state index < -0.39 is 10.0 Å². The Bertz CT molecular complexity index is 1340. The van der Waals surface area contributed by atoms with Crippen LogP contribution in [0.15, 0.2) is 77.8 Å². The largest absolute Gasteiger partial charge is 0.305 e. The van der Waals surface area contributed by atoms with E-state index in [1.165, 1.54) is 5.56 Å². The molecule has 0 spiro atoms. The third kappa shape index (κ3) is 4.18. The van der Waals surface area contributed by atoms with E-state index in [2.05, 4.69) is 28.6 Å². The molecule has 6 nitrogen and oxygen atoms in total. The van der Waals surface area contributed by atoms with Crippen molar-refractivity contribution in [3.63, 3.8) is 0 Å². The van der Waals surface area contributed by atoms with Crippen molar-refractivity contribution in [2.24, 2.45) is 0 Å². The number of nitrogens with zero attached hydrogens (tertiary/aromatic N) is 4. The van der Waals surface area contributed by atoms with Crippen molar-refractivity contribution < 1.29 is 8.42 Å². The predicted molar refractivity (Wildman–Crippen MR) is 130 cm³/mol. The smallest absolute Gasteiger partial charge is 0.243 e. The van der Waals surface area contributed by atoms with E-state index in [1.807, 2.05) is 42.5 Å². The molecule has 3 heterocycles. The van der Waals surface area contributed by atoms with Gasteiger partial charge < -0.3 is 4.57 Å². The molecule has 1 saturated heterocycles. The molecule has 33 heavy (non-hydrogen) atoms. The van der Waals surface area contributed by atoms with Crippen molar-refractivity contribution in [1.82, 2.24) is 18.8 Å². The zero-order chi connectivity index (χ0) is 22.8. The van der Waals surface area contributed by atoms with E-state index in [1.54, 1.807) is 22.6 Å². The van der Waals surface area contributed by atoms with Gasteiger partial charge in [0.2, 0.25) is 10.0 Å². The van der Waals surface area contributed by atoms with Crippen LogP contribution in [-0.2, 0) is 16.4 Å². The van der Waals surface area contributed by atoms with Gasteiger partial charge in [0.15, 0.2) is 5.65 Å². The number of sulfonamides is 1. The first-order chi connectivity index (χ1) is 16.1. The van der Waals surface area contributed by atoms with Crippen molar-refractivity contribution in [1.29, 1.82) is 0 Å². The van der Waals surface area contributed by atoms with Gasteiger partial charge in [-0.05, 0) is 49.1 Å². The van der Waals surface area contributed by atoms with Crippen LogP contribution >= 0.6 is 0 Å². The third-order valence-electron chi connectivity index (χ3n) is 6.37. The van der Waals surface area contributed by atoms with Crippen LogP contribution in [0.1, 0.15) is 37.8 Å². The topological polar surface area (TPSA) is 68.1 Å². The molecular formula is C26H28N4O2S. The second-order valence-corrected chi connectivity index (χ2v) is 10.5. The van der Waals surface area contributed by atoms with E-state index in [4.69, 9.17) is 4.98 Å². The number of pyridine rings is 1. The molecule has 7 heteroatoms. The Morgan fingerprint density at radius 1 is 0.939 bits per heavy atom. The summed E-state index contributed by atoms with van der Waals surface area (Å²) in [6, 6.07) is 21.5. The van der Waals surface area contributed by atoms with Gasteiger partial charge in [-0.1, -0.05) is 55.8 Å². The second-order valence-electron chi connectivity index (χ2n) is 8.55. The summed E-state index contributed by atoms with van der Waals surface area (Å²) in [7, 11) is -3.50. The van der Waals surface area contributed by atoms with E-state index in [9.17, 15) is 8.42 Å². The molecule has 0 radical (unpaired) electrons. The fourth-order valence-electron chi connectivity index (χ4n) is 4.67. The fourth-order valence-corrected chi connectivity index (χ4v) is 6.14. The Morgan fingerprint density at radius 3 is 2.36 bits per heavy atom. The molecule has 0 amide bonds. The number of hydrogen-bond acceptors (Lipinski definition) is 4. The highest BCUT2D eigenvalue weighted by molar-refractivity contribution is 7.89. The first-order valence-corrected chi connectivity index (χ1v) is 13.0. The molecule has 1 aliphatic heterocycles. The number of benzene rings is 2. The highest BCUT2D eigenvalue weighted by Crippen LogP contribution is 2.34. The van der Waals surface area contributed by atoms with E-state index in [0.717, 1.165) is 48.2 Å². The zero-order valence-corrected chi connectivity index (χ0v) is 19.6. The average molecular weight is 461 g/mol. The SMILES string of the molecule is CCCc1ccc(S(=O)(=O)N2CCC(n3c(-c4ccccc4)nc4cccnc43)CC2)cc1. The second kappa shape index (κ2) is 9.08. The van der Waals surface area contributed by atoms with Gasteiger partial charge in [0.1, 0.15) is 11.3 Å². The van der Waals surface area contributed by atoms with Crippen LogP contribution in [0.25, 0.3) is 22.6 Å². The molecule has 1 aliphatic rings. The lowest BCUT2D eigenvalue weighted by molar-refractivity contribution is 0.278. The van der Waals surface area contributed by atoms with Crippen molar-refractivity contribution in [3.8, 4) is 11.4 Å². The Labute approximate surface area is 195 Å². The maximum atomic E-state index is 13.2. The van der Waals surface area contributed by atoms with Crippen LogP contribution in [0.3, 0.4) is 0 Å². The molecule has 4 aromatic rings. The summed E-state index contributed by atoms with van der Waals surface area (Å²) in [5.74, 6) is 0.886. The lowest BCUT2D eigenvalue weighted by Gasteiger charge is -2.32. The molecule has 2 aromatic heterocycles. The minimum absolute atomic E-state index is 0.137. The summed E-state index contributed by atoms with van der Waals surface area (Å²) in [5.41, 5.74) is 3.92. The fraction of sp³-hybridized carbons (Fsp3) is 0.308. The Hall–Kier alpha value is -3.03. The van der Waals surface area contributed by atoms with Gasteiger partial charge in [-0.2, -0.15) is 4.31 Å². The van der Waals surface area contributed by atoms with Crippen molar-refractivity contribution in [2.75, 3.05) is 13.1 Å². The third-order valence-corrected chi connectivity index (χ3v) is 8.28. The van der Waals surface area contributed by atoms with Gasteiger partial charge in [0.25, 0.3) is 0 Å². The first-order valence-electron chi connectivity index (χ1n) is 11.6. The number of fused-ring (bicyclic) bond motifs is 1. The number of piperidine rings is 1. The lowest BCUT2D eigenvalue weighted by atomic mass is 10.1. The van der Waals surface area contributed by atoms with Gasteiger partial charge >= 0.3 is 0 Å². The van der Waals surface area contributed by atoms with E-state index >= 15 is 0 Å². The van der Waals surface area contributed by atoms with Crippen LogP contribution in [-0.4, -0.2) is 40.3 Å². The Morgan fingerprint density at radius 2 is 1.67 bits per heavy atom. The quantitative estimate of drug-likeness (QED) is 0.403. The number of rotatable bonds is 6. The van der Waals surface area contributed by atoms with Gasteiger partial charge in [-0.25, -0.2) is 18.4 Å². The normalized spacial score (nSPS) is 15.8. The molecule has 0 atom stereocenters. The number of imidazole rings is 1. The maximum absolute atomic E-state index is 13.2. The van der Waals surface area contributed by atoms with E-state index in [-0.39, 0.29) is 6.04 Å². The number of hydrogen-bond donors (Lipinski definition) is 0. The van der Waals surface area contributed by atoms with Crippen molar-refractivity contribution >= 4 is 21.2 Å². The molecule has 0 saturated carbocycles. The summed E-state index contributed by atoms with van der Waals surface area (Å²) >= 11 is 0. The molecule has 0 bridgehead atoms. The molecule has 0 unspecified atom stereocenters. The van der Waals surface area contributed by atoms with Crippen molar-refractivity contribution in [3.05, 3.63) is 78.5 Å². The minimum atomic E-state index is -3.50. The predicted octanol–water partition coefficient (Wildman–Crippen LogP) is 5.08. The summed E-state index contributed by atoms with van der Waals surface area (Å²) in [6.07, 6.45) is 5.23. The highest BCUT2D eigenvalue weighted by Gasteiger charge is 2.32. The molecule has 5 rings (SSSR count). The summed E-state index contributed by atoms with van der Waals surface area (Å²) in [6.45, 7) is 3.08. The average Bonchev–Trinajstić information content (AvgIpc) is 3.25. The minimum Gasteiger partial charge on any atom is -0.305 e. The molecule has 0 N–H and O–H groups in total. The number of aryl methyl sites for hydroxylation is 1. The van der Waals surface area contributed by atoms with Gasteiger partial charge in [0.05, 0.1) is 4.90 Å². The summed E-state index contributed by atoms with van der Waals surface area (Å²) in [5, 5.41) is 0. The molecule has 0 aliphatic carbocycles. The van der Waals surface area contributed by atoms with E-state index in [0.29, 0.717) is 18.0 Å².